The van der Waals surface area contributed by atoms with Gasteiger partial charge in [-0.25, -0.2) is 0 Å². The van der Waals surface area contributed by atoms with Crippen molar-refractivity contribution in [3.05, 3.63) is 0 Å². The molecule has 0 atom stereocenters. The molecule has 0 radical (unpaired) electrons. The average Bonchev–Trinajstić information content (AvgIpc) is 3.03. The standard InChI is InChI=1S/C23H34N2/c1-2-25(23-12-18-6-19(13-23)8-20(7-18)14-23)21(24-1)22-9-15-3-16(10-22)5-17(4-15)11-22/h15-20H,1-14H2. The first kappa shape index (κ1) is 14.5. The number of hydrogen-bond acceptors (Lipinski definition) is 2. The van der Waals surface area contributed by atoms with Gasteiger partial charge in [0.1, 0.15) is 5.84 Å². The Morgan fingerprint density at radius 2 is 1.08 bits per heavy atom. The molecule has 0 unspecified atom stereocenters. The van der Waals surface area contributed by atoms with Gasteiger partial charge in [0.25, 0.3) is 0 Å². The van der Waals surface area contributed by atoms with Gasteiger partial charge in [-0.05, 0) is 113 Å². The number of aliphatic imine (C=N–C) groups is 1. The summed E-state index contributed by atoms with van der Waals surface area (Å²) in [6.45, 7) is 2.38. The molecular weight excluding hydrogens is 304 g/mol. The van der Waals surface area contributed by atoms with E-state index in [4.69, 9.17) is 4.99 Å². The molecule has 0 N–H and O–H groups in total. The summed E-state index contributed by atoms with van der Waals surface area (Å²) >= 11 is 0. The highest BCUT2D eigenvalue weighted by Crippen LogP contribution is 2.63. The zero-order valence-corrected chi connectivity index (χ0v) is 15.8. The van der Waals surface area contributed by atoms with Crippen molar-refractivity contribution in [1.29, 1.82) is 0 Å². The van der Waals surface area contributed by atoms with Gasteiger partial charge in [0.2, 0.25) is 0 Å². The van der Waals surface area contributed by atoms with E-state index < -0.39 is 0 Å². The third-order valence-electron chi connectivity index (χ3n) is 9.93. The summed E-state index contributed by atoms with van der Waals surface area (Å²) < 4.78 is 0. The summed E-state index contributed by atoms with van der Waals surface area (Å²) in [6.07, 6.45) is 18.4. The van der Waals surface area contributed by atoms with Crippen LogP contribution in [0.4, 0.5) is 0 Å². The Hall–Kier alpha value is -0.530. The second kappa shape index (κ2) is 4.65. The number of rotatable bonds is 2. The zero-order chi connectivity index (χ0) is 16.2. The lowest BCUT2D eigenvalue weighted by Crippen LogP contribution is -2.64. The van der Waals surface area contributed by atoms with Gasteiger partial charge in [-0.15, -0.1) is 0 Å². The molecule has 2 heteroatoms. The Labute approximate surface area is 152 Å². The zero-order valence-electron chi connectivity index (χ0n) is 15.8. The van der Waals surface area contributed by atoms with Crippen molar-refractivity contribution in [2.75, 3.05) is 13.1 Å². The quantitative estimate of drug-likeness (QED) is 0.700. The van der Waals surface area contributed by atoms with E-state index >= 15 is 0 Å². The molecule has 0 aromatic rings. The first-order valence-electron chi connectivity index (χ1n) is 11.5. The molecule has 0 aromatic heterocycles. The SMILES string of the molecule is C1CN(C23CC4CC(CC(C4)C2)C3)C(C23CC4CC(CC(C4)C2)C3)=N1. The second-order valence-corrected chi connectivity index (χ2v) is 11.7. The molecule has 0 amide bonds. The van der Waals surface area contributed by atoms with E-state index in [1.807, 2.05) is 0 Å². The molecule has 2 nitrogen and oxygen atoms in total. The van der Waals surface area contributed by atoms with Crippen molar-refractivity contribution in [2.45, 2.75) is 82.6 Å². The highest BCUT2D eigenvalue weighted by atomic mass is 15.3. The van der Waals surface area contributed by atoms with Crippen LogP contribution in [0.15, 0.2) is 4.99 Å². The highest BCUT2D eigenvalue weighted by Gasteiger charge is 2.60. The van der Waals surface area contributed by atoms with Crippen molar-refractivity contribution in [3.63, 3.8) is 0 Å². The molecule has 1 heterocycles. The summed E-state index contributed by atoms with van der Waals surface area (Å²) in [6, 6.07) is 0. The summed E-state index contributed by atoms with van der Waals surface area (Å²) in [4.78, 5) is 8.30. The molecular formula is C23H34N2. The Kier molecular flexibility index (Phi) is 2.70. The smallest absolute Gasteiger partial charge is 0.106 e. The Balaban J connectivity index is 1.26. The van der Waals surface area contributed by atoms with Crippen molar-refractivity contribution >= 4 is 5.84 Å². The molecule has 9 rings (SSSR count). The van der Waals surface area contributed by atoms with Crippen molar-refractivity contribution in [3.8, 4) is 0 Å². The lowest BCUT2D eigenvalue weighted by molar-refractivity contribution is -0.0710. The average molecular weight is 339 g/mol. The summed E-state index contributed by atoms with van der Waals surface area (Å²) in [7, 11) is 0. The minimum Gasteiger partial charge on any atom is -0.352 e. The summed E-state index contributed by atoms with van der Waals surface area (Å²) in [5, 5.41) is 0. The Morgan fingerprint density at radius 3 is 1.56 bits per heavy atom. The third kappa shape index (κ3) is 1.90. The molecule has 136 valence electrons. The van der Waals surface area contributed by atoms with Crippen LogP contribution < -0.4 is 0 Å². The maximum atomic E-state index is 5.31. The van der Waals surface area contributed by atoms with Gasteiger partial charge in [0.15, 0.2) is 0 Å². The van der Waals surface area contributed by atoms with Gasteiger partial charge in [0, 0.05) is 17.5 Å². The lowest BCUT2D eigenvalue weighted by Gasteiger charge is -2.63. The minimum absolute atomic E-state index is 0.522. The van der Waals surface area contributed by atoms with Crippen LogP contribution in [0.1, 0.15) is 77.0 Å². The molecule has 0 saturated heterocycles. The molecule has 8 aliphatic carbocycles. The van der Waals surface area contributed by atoms with Crippen LogP contribution in [0.25, 0.3) is 0 Å². The van der Waals surface area contributed by atoms with Gasteiger partial charge in [-0.2, -0.15) is 0 Å². The van der Waals surface area contributed by atoms with Gasteiger partial charge >= 0.3 is 0 Å². The molecule has 8 saturated carbocycles. The van der Waals surface area contributed by atoms with E-state index in [2.05, 4.69) is 4.90 Å². The monoisotopic (exact) mass is 338 g/mol. The topological polar surface area (TPSA) is 15.6 Å². The van der Waals surface area contributed by atoms with Crippen molar-refractivity contribution < 1.29 is 0 Å². The molecule has 25 heavy (non-hydrogen) atoms. The molecule has 8 fully saturated rings. The maximum Gasteiger partial charge on any atom is 0.106 e. The molecule has 8 bridgehead atoms. The van der Waals surface area contributed by atoms with Gasteiger partial charge < -0.3 is 4.90 Å². The van der Waals surface area contributed by atoms with E-state index in [-0.39, 0.29) is 0 Å². The first-order chi connectivity index (χ1) is 12.2. The van der Waals surface area contributed by atoms with Crippen LogP contribution in [0.3, 0.4) is 0 Å². The maximum absolute atomic E-state index is 5.31. The molecule has 0 spiro atoms. The van der Waals surface area contributed by atoms with Gasteiger partial charge in [-0.3, -0.25) is 4.99 Å². The molecule has 0 aromatic carbocycles. The van der Waals surface area contributed by atoms with Crippen LogP contribution >= 0.6 is 0 Å². The predicted octanol–water partition coefficient (Wildman–Crippen LogP) is 4.89. The Bertz CT molecular complexity index is 561. The summed E-state index contributed by atoms with van der Waals surface area (Å²) in [5.41, 5.74) is 1.07. The third-order valence-corrected chi connectivity index (χ3v) is 9.93. The van der Waals surface area contributed by atoms with E-state index in [1.165, 1.54) is 45.1 Å². The Morgan fingerprint density at radius 1 is 0.640 bits per heavy atom. The van der Waals surface area contributed by atoms with Crippen LogP contribution in [0, 0.1) is 40.9 Å². The van der Waals surface area contributed by atoms with Crippen LogP contribution in [0.5, 0.6) is 0 Å². The van der Waals surface area contributed by atoms with E-state index in [0.717, 1.165) is 42.1 Å². The van der Waals surface area contributed by atoms with E-state index in [0.29, 0.717) is 11.0 Å². The number of nitrogens with zero attached hydrogens (tertiary/aromatic N) is 2. The van der Waals surface area contributed by atoms with Crippen molar-refractivity contribution in [1.82, 2.24) is 4.90 Å². The fourth-order valence-electron chi connectivity index (χ4n) is 10.1. The largest absolute Gasteiger partial charge is 0.352 e. The van der Waals surface area contributed by atoms with Gasteiger partial charge in [-0.1, -0.05) is 0 Å². The fourth-order valence-corrected chi connectivity index (χ4v) is 10.1. The molecule has 9 aliphatic rings. The number of hydrogen-bond donors (Lipinski definition) is 0. The van der Waals surface area contributed by atoms with Gasteiger partial charge in [0.05, 0.1) is 6.54 Å². The summed E-state index contributed by atoms with van der Waals surface area (Å²) in [5.74, 6) is 7.99. The van der Waals surface area contributed by atoms with Crippen LogP contribution in [-0.4, -0.2) is 29.4 Å². The van der Waals surface area contributed by atoms with Crippen LogP contribution in [0.2, 0.25) is 0 Å². The molecule has 1 aliphatic heterocycles. The fraction of sp³-hybridized carbons (Fsp3) is 0.957. The lowest BCUT2D eigenvalue weighted by atomic mass is 9.48. The van der Waals surface area contributed by atoms with Crippen LogP contribution in [-0.2, 0) is 0 Å². The first-order valence-corrected chi connectivity index (χ1v) is 11.5. The van der Waals surface area contributed by atoms with E-state index in [1.54, 1.807) is 44.4 Å². The van der Waals surface area contributed by atoms with E-state index in [9.17, 15) is 0 Å². The minimum atomic E-state index is 0.522. The predicted molar refractivity (Wildman–Crippen MR) is 101 cm³/mol. The number of amidine groups is 1. The highest BCUT2D eigenvalue weighted by molar-refractivity contribution is 5.90. The van der Waals surface area contributed by atoms with Crippen molar-refractivity contribution in [2.24, 2.45) is 45.9 Å². The second-order valence-electron chi connectivity index (χ2n) is 11.7. The normalized spacial score (nSPS) is 58.2.